The predicted octanol–water partition coefficient (Wildman–Crippen LogP) is 6.14. The second-order valence-electron chi connectivity index (χ2n) is 9.14. The zero-order chi connectivity index (χ0) is 21.7. The van der Waals surface area contributed by atoms with E-state index in [0.29, 0.717) is 0 Å². The summed E-state index contributed by atoms with van der Waals surface area (Å²) in [4.78, 5) is 4.93. The molecule has 0 unspecified atom stereocenters. The molecule has 0 bridgehead atoms. The summed E-state index contributed by atoms with van der Waals surface area (Å²) in [5, 5.41) is 5.09. The molecule has 0 amide bonds. The smallest absolute Gasteiger partial charge is 0.156 e. The van der Waals surface area contributed by atoms with Crippen molar-refractivity contribution in [3.05, 3.63) is 70.4 Å². The van der Waals surface area contributed by atoms with Gasteiger partial charge in [0, 0.05) is 22.9 Å². The minimum Gasteiger partial charge on any atom is -0.493 e. The van der Waals surface area contributed by atoms with E-state index in [1.165, 1.54) is 59.1 Å². The molecule has 162 valence electrons. The van der Waals surface area contributed by atoms with Gasteiger partial charge in [-0.2, -0.15) is 5.10 Å². The third kappa shape index (κ3) is 3.21. The van der Waals surface area contributed by atoms with Crippen molar-refractivity contribution in [2.75, 3.05) is 6.61 Å². The Labute approximate surface area is 189 Å². The van der Waals surface area contributed by atoms with Gasteiger partial charge in [-0.3, -0.25) is 0 Å². The van der Waals surface area contributed by atoms with Crippen molar-refractivity contribution >= 4 is 5.65 Å². The van der Waals surface area contributed by atoms with Gasteiger partial charge >= 0.3 is 0 Å². The number of rotatable bonds is 3. The van der Waals surface area contributed by atoms with Gasteiger partial charge in [0.05, 0.1) is 18.0 Å². The van der Waals surface area contributed by atoms with E-state index in [0.717, 1.165) is 54.3 Å². The fourth-order valence-electron chi connectivity index (χ4n) is 5.42. The molecule has 1 aliphatic heterocycles. The van der Waals surface area contributed by atoms with Crippen molar-refractivity contribution in [1.82, 2.24) is 14.6 Å². The number of benzene rings is 2. The minimum atomic E-state index is 0.814. The molecule has 32 heavy (non-hydrogen) atoms. The Bertz CT molecular complexity index is 1330. The molecule has 0 spiro atoms. The average molecular weight is 424 g/mol. The Kier molecular flexibility index (Phi) is 4.74. The molecular weight excluding hydrogens is 394 g/mol. The topological polar surface area (TPSA) is 39.4 Å². The summed E-state index contributed by atoms with van der Waals surface area (Å²) in [6.07, 6.45) is 8.03. The molecule has 0 fully saturated rings. The van der Waals surface area contributed by atoms with E-state index in [1.807, 2.05) is 0 Å². The van der Waals surface area contributed by atoms with Crippen LogP contribution < -0.4 is 4.74 Å². The van der Waals surface area contributed by atoms with Crippen LogP contribution in [0, 0.1) is 6.92 Å². The minimum absolute atomic E-state index is 0.814. The highest BCUT2D eigenvalue weighted by molar-refractivity contribution is 5.73. The van der Waals surface area contributed by atoms with Crippen LogP contribution in [0.1, 0.15) is 54.1 Å². The third-order valence-electron chi connectivity index (χ3n) is 7.09. The standard InChI is InChI=1S/C28H29N3O/c1-3-24-18(2)29-27-17-25(21-11-10-19-7-4-5-8-20(19)15-21)30-31(27)28(24)23-12-13-26-22(16-23)9-6-14-32-26/h10-13,15-17H,3-9,14H2,1-2H3. The van der Waals surface area contributed by atoms with Crippen LogP contribution in [-0.2, 0) is 25.7 Å². The number of ether oxygens (including phenoxy) is 1. The van der Waals surface area contributed by atoms with Crippen LogP contribution in [0.4, 0.5) is 0 Å². The summed E-state index contributed by atoms with van der Waals surface area (Å²) >= 11 is 0. The molecule has 2 aromatic heterocycles. The van der Waals surface area contributed by atoms with Crippen LogP contribution in [-0.4, -0.2) is 21.2 Å². The van der Waals surface area contributed by atoms with E-state index >= 15 is 0 Å². The van der Waals surface area contributed by atoms with Gasteiger partial charge in [-0.15, -0.1) is 0 Å². The maximum absolute atomic E-state index is 5.85. The van der Waals surface area contributed by atoms with Gasteiger partial charge in [-0.25, -0.2) is 9.50 Å². The van der Waals surface area contributed by atoms with Gasteiger partial charge in [-0.05, 0) is 98.4 Å². The summed E-state index contributed by atoms with van der Waals surface area (Å²) in [7, 11) is 0. The van der Waals surface area contributed by atoms with E-state index in [-0.39, 0.29) is 0 Å². The molecule has 2 aromatic carbocycles. The fourth-order valence-corrected chi connectivity index (χ4v) is 5.42. The lowest BCUT2D eigenvalue weighted by molar-refractivity contribution is 0.288. The number of hydrogen-bond acceptors (Lipinski definition) is 3. The first-order valence-corrected chi connectivity index (χ1v) is 12.0. The molecule has 4 aromatic rings. The zero-order valence-electron chi connectivity index (χ0n) is 18.9. The van der Waals surface area contributed by atoms with Crippen molar-refractivity contribution in [2.45, 2.75) is 58.8 Å². The van der Waals surface area contributed by atoms with Crippen molar-refractivity contribution < 1.29 is 4.74 Å². The first-order chi connectivity index (χ1) is 15.7. The van der Waals surface area contributed by atoms with Crippen LogP contribution in [0.3, 0.4) is 0 Å². The van der Waals surface area contributed by atoms with Gasteiger partial charge in [0.1, 0.15) is 5.75 Å². The summed E-state index contributed by atoms with van der Waals surface area (Å²) in [6.45, 7) is 5.14. The summed E-state index contributed by atoms with van der Waals surface area (Å²) in [5.41, 5.74) is 12.1. The summed E-state index contributed by atoms with van der Waals surface area (Å²) in [5.74, 6) is 1.02. The highest BCUT2D eigenvalue weighted by Crippen LogP contribution is 2.34. The van der Waals surface area contributed by atoms with Gasteiger partial charge in [0.15, 0.2) is 5.65 Å². The highest BCUT2D eigenvalue weighted by atomic mass is 16.5. The van der Waals surface area contributed by atoms with Crippen LogP contribution in [0.15, 0.2) is 42.5 Å². The molecule has 3 heterocycles. The summed E-state index contributed by atoms with van der Waals surface area (Å²) in [6, 6.07) is 15.6. The molecule has 4 nitrogen and oxygen atoms in total. The number of nitrogens with zero attached hydrogens (tertiary/aromatic N) is 3. The van der Waals surface area contributed by atoms with Crippen LogP contribution in [0.2, 0.25) is 0 Å². The Balaban J connectivity index is 1.53. The molecular formula is C28H29N3O. The first-order valence-electron chi connectivity index (χ1n) is 12.0. The second kappa shape index (κ2) is 7.77. The zero-order valence-corrected chi connectivity index (χ0v) is 18.9. The predicted molar refractivity (Wildman–Crippen MR) is 128 cm³/mol. The lowest BCUT2D eigenvalue weighted by Crippen LogP contribution is -2.09. The SMILES string of the molecule is CCc1c(C)nc2cc(-c3ccc4c(c3)CCCC4)nn2c1-c1ccc2c(c1)CCCO2. The van der Waals surface area contributed by atoms with Crippen molar-refractivity contribution in [2.24, 2.45) is 0 Å². The summed E-state index contributed by atoms with van der Waals surface area (Å²) < 4.78 is 7.92. The van der Waals surface area contributed by atoms with E-state index < -0.39 is 0 Å². The molecule has 0 saturated heterocycles. The Morgan fingerprint density at radius 1 is 0.875 bits per heavy atom. The molecule has 0 atom stereocenters. The number of aryl methyl sites for hydroxylation is 4. The molecule has 0 radical (unpaired) electrons. The highest BCUT2D eigenvalue weighted by Gasteiger charge is 2.19. The molecule has 2 aliphatic rings. The number of fused-ring (bicyclic) bond motifs is 3. The molecule has 1 aliphatic carbocycles. The monoisotopic (exact) mass is 423 g/mol. The number of hydrogen-bond donors (Lipinski definition) is 0. The van der Waals surface area contributed by atoms with Crippen LogP contribution in [0.25, 0.3) is 28.2 Å². The fraction of sp³-hybridized carbons (Fsp3) is 0.357. The average Bonchev–Trinajstić information content (AvgIpc) is 3.26. The van der Waals surface area contributed by atoms with Gasteiger partial charge in [0.2, 0.25) is 0 Å². The molecule has 0 N–H and O–H groups in total. The quantitative estimate of drug-likeness (QED) is 0.397. The van der Waals surface area contributed by atoms with Crippen molar-refractivity contribution in [3.63, 3.8) is 0 Å². The van der Waals surface area contributed by atoms with Crippen LogP contribution >= 0.6 is 0 Å². The molecule has 6 rings (SSSR count). The third-order valence-corrected chi connectivity index (χ3v) is 7.09. The van der Waals surface area contributed by atoms with Gasteiger partial charge in [0.25, 0.3) is 0 Å². The molecule has 0 saturated carbocycles. The second-order valence-corrected chi connectivity index (χ2v) is 9.14. The lowest BCUT2D eigenvalue weighted by Gasteiger charge is -2.19. The van der Waals surface area contributed by atoms with E-state index in [9.17, 15) is 0 Å². The number of aromatic nitrogens is 3. The van der Waals surface area contributed by atoms with Gasteiger partial charge in [-0.1, -0.05) is 19.1 Å². The largest absolute Gasteiger partial charge is 0.493 e. The molecule has 4 heteroatoms. The van der Waals surface area contributed by atoms with E-state index in [1.54, 1.807) is 0 Å². The first kappa shape index (κ1) is 19.5. The van der Waals surface area contributed by atoms with Crippen molar-refractivity contribution in [1.29, 1.82) is 0 Å². The van der Waals surface area contributed by atoms with Gasteiger partial charge < -0.3 is 4.74 Å². The Morgan fingerprint density at radius 2 is 1.66 bits per heavy atom. The maximum Gasteiger partial charge on any atom is 0.156 e. The van der Waals surface area contributed by atoms with Crippen molar-refractivity contribution in [3.8, 4) is 28.3 Å². The van der Waals surface area contributed by atoms with E-state index in [4.69, 9.17) is 14.8 Å². The lowest BCUT2D eigenvalue weighted by atomic mass is 9.90. The van der Waals surface area contributed by atoms with Crippen LogP contribution in [0.5, 0.6) is 5.75 Å². The normalized spacial score (nSPS) is 15.3. The maximum atomic E-state index is 5.85. The Morgan fingerprint density at radius 3 is 2.53 bits per heavy atom. The van der Waals surface area contributed by atoms with E-state index in [2.05, 4.69) is 60.8 Å². The Hall–Kier alpha value is -3.14.